The fraction of sp³-hybridized carbons (Fsp3) is 0.200. The van der Waals surface area contributed by atoms with Crippen molar-refractivity contribution in [3.05, 3.63) is 47.5 Å². The van der Waals surface area contributed by atoms with E-state index in [4.69, 9.17) is 4.74 Å². The number of benzene rings is 2. The van der Waals surface area contributed by atoms with Gasteiger partial charge in [0.1, 0.15) is 11.5 Å². The Morgan fingerprint density at radius 2 is 1.76 bits per heavy atom. The van der Waals surface area contributed by atoms with Gasteiger partial charge in [-0.25, -0.2) is 8.42 Å². The molecule has 112 valence electrons. The van der Waals surface area contributed by atoms with E-state index in [2.05, 4.69) is 4.72 Å². The molecule has 0 aliphatic carbocycles. The lowest BCUT2D eigenvalue weighted by Crippen LogP contribution is -2.14. The second-order valence-corrected chi connectivity index (χ2v) is 6.36. The fourth-order valence-corrected chi connectivity index (χ4v) is 3.40. The predicted molar refractivity (Wildman–Crippen MR) is 81.4 cm³/mol. The highest BCUT2D eigenvalue weighted by molar-refractivity contribution is 7.92. The summed E-state index contributed by atoms with van der Waals surface area (Å²) < 4.78 is 32.5. The minimum Gasteiger partial charge on any atom is -0.506 e. The molecule has 2 rings (SSSR count). The quantitative estimate of drug-likeness (QED) is 0.852. The second-order valence-electron chi connectivity index (χ2n) is 4.71. The smallest absolute Gasteiger partial charge is 0.262 e. The van der Waals surface area contributed by atoms with Crippen LogP contribution in [0.1, 0.15) is 11.1 Å². The van der Waals surface area contributed by atoms with Crippen LogP contribution in [0.2, 0.25) is 0 Å². The van der Waals surface area contributed by atoms with E-state index in [9.17, 15) is 13.5 Å². The Morgan fingerprint density at radius 1 is 1.10 bits per heavy atom. The van der Waals surface area contributed by atoms with E-state index in [1.54, 1.807) is 25.1 Å². The van der Waals surface area contributed by atoms with Crippen molar-refractivity contribution in [3.8, 4) is 11.5 Å². The Balaban J connectivity index is 2.47. The van der Waals surface area contributed by atoms with E-state index in [-0.39, 0.29) is 16.3 Å². The zero-order chi connectivity index (χ0) is 15.6. The molecule has 2 aromatic rings. The van der Waals surface area contributed by atoms with Crippen LogP contribution in [0.3, 0.4) is 0 Å². The van der Waals surface area contributed by atoms with E-state index < -0.39 is 10.0 Å². The second kappa shape index (κ2) is 5.65. The van der Waals surface area contributed by atoms with Gasteiger partial charge in [0.05, 0.1) is 17.7 Å². The van der Waals surface area contributed by atoms with Gasteiger partial charge in [0.15, 0.2) is 0 Å². The summed E-state index contributed by atoms with van der Waals surface area (Å²) in [6.45, 7) is 3.56. The van der Waals surface area contributed by atoms with Crippen LogP contribution in [-0.2, 0) is 10.0 Å². The van der Waals surface area contributed by atoms with E-state index in [0.717, 1.165) is 5.56 Å². The van der Waals surface area contributed by atoms with Crippen LogP contribution in [0, 0.1) is 13.8 Å². The maximum atomic E-state index is 12.5. The van der Waals surface area contributed by atoms with Gasteiger partial charge in [-0.15, -0.1) is 0 Å². The summed E-state index contributed by atoms with van der Waals surface area (Å²) in [4.78, 5) is 0.119. The summed E-state index contributed by atoms with van der Waals surface area (Å²) in [6.07, 6.45) is 0. The maximum absolute atomic E-state index is 12.5. The van der Waals surface area contributed by atoms with Crippen LogP contribution in [0.25, 0.3) is 0 Å². The molecule has 0 heterocycles. The molecule has 6 heteroatoms. The monoisotopic (exact) mass is 307 g/mol. The molecule has 0 radical (unpaired) electrons. The Bertz CT molecular complexity index is 769. The molecule has 0 saturated heterocycles. The molecule has 0 amide bonds. The standard InChI is InChI=1S/C15H17NO4S/c1-10-8-11(2)15(9-14(10)20-3)21(18,19)16-12-6-4-5-7-13(12)17/h4-9,16-17H,1-3H3. The van der Waals surface area contributed by atoms with Crippen molar-refractivity contribution in [1.82, 2.24) is 0 Å². The number of aromatic hydroxyl groups is 1. The number of para-hydroxylation sites is 2. The molecule has 5 nitrogen and oxygen atoms in total. The van der Waals surface area contributed by atoms with Crippen LogP contribution < -0.4 is 9.46 Å². The third kappa shape index (κ3) is 3.11. The average Bonchev–Trinajstić information content (AvgIpc) is 2.41. The number of hydrogen-bond donors (Lipinski definition) is 2. The van der Waals surface area contributed by atoms with Crippen molar-refractivity contribution in [2.45, 2.75) is 18.7 Å². The number of aryl methyl sites for hydroxylation is 2. The molecule has 0 bridgehead atoms. The SMILES string of the molecule is COc1cc(S(=O)(=O)Nc2ccccc2O)c(C)cc1C. The van der Waals surface area contributed by atoms with Gasteiger partial charge in [-0.3, -0.25) is 4.72 Å². The number of methoxy groups -OCH3 is 1. The number of phenols is 1. The maximum Gasteiger partial charge on any atom is 0.262 e. The van der Waals surface area contributed by atoms with Gasteiger partial charge >= 0.3 is 0 Å². The third-order valence-corrected chi connectivity index (χ3v) is 4.64. The number of ether oxygens (including phenoxy) is 1. The van der Waals surface area contributed by atoms with Crippen molar-refractivity contribution in [1.29, 1.82) is 0 Å². The molecule has 0 aliphatic heterocycles. The summed E-state index contributed by atoms with van der Waals surface area (Å²) in [5.74, 6) is 0.371. The van der Waals surface area contributed by atoms with Gasteiger partial charge in [-0.2, -0.15) is 0 Å². The number of anilines is 1. The molecule has 2 N–H and O–H groups in total. The van der Waals surface area contributed by atoms with E-state index >= 15 is 0 Å². The molecule has 0 unspecified atom stereocenters. The van der Waals surface area contributed by atoms with Crippen LogP contribution in [-0.4, -0.2) is 20.6 Å². The van der Waals surface area contributed by atoms with Gasteiger partial charge in [-0.05, 0) is 37.1 Å². The highest BCUT2D eigenvalue weighted by Crippen LogP contribution is 2.29. The molecule has 0 fully saturated rings. The van der Waals surface area contributed by atoms with Gasteiger partial charge in [-0.1, -0.05) is 18.2 Å². The normalized spacial score (nSPS) is 11.2. The van der Waals surface area contributed by atoms with Gasteiger partial charge < -0.3 is 9.84 Å². The van der Waals surface area contributed by atoms with E-state index in [0.29, 0.717) is 11.3 Å². The zero-order valence-electron chi connectivity index (χ0n) is 12.0. The van der Waals surface area contributed by atoms with Gasteiger partial charge in [0.25, 0.3) is 10.0 Å². The molecule has 0 atom stereocenters. The number of nitrogens with one attached hydrogen (secondary N) is 1. The Hall–Kier alpha value is -2.21. The van der Waals surface area contributed by atoms with Gasteiger partial charge in [0, 0.05) is 6.07 Å². The molecule has 2 aromatic carbocycles. The summed E-state index contributed by atoms with van der Waals surface area (Å²) in [7, 11) is -2.32. The van der Waals surface area contributed by atoms with Crippen molar-refractivity contribution in [3.63, 3.8) is 0 Å². The third-order valence-electron chi connectivity index (χ3n) is 3.13. The number of hydrogen-bond acceptors (Lipinski definition) is 4. The summed E-state index contributed by atoms with van der Waals surface area (Å²) >= 11 is 0. The highest BCUT2D eigenvalue weighted by atomic mass is 32.2. The van der Waals surface area contributed by atoms with Crippen molar-refractivity contribution in [2.24, 2.45) is 0 Å². The molecule has 21 heavy (non-hydrogen) atoms. The summed E-state index contributed by atoms with van der Waals surface area (Å²) in [5, 5.41) is 9.68. The largest absolute Gasteiger partial charge is 0.506 e. The molecule has 0 aromatic heterocycles. The number of phenolic OH excluding ortho intramolecular Hbond substituents is 1. The van der Waals surface area contributed by atoms with Crippen LogP contribution in [0.4, 0.5) is 5.69 Å². The fourth-order valence-electron chi connectivity index (χ4n) is 2.08. The number of sulfonamides is 1. The molecular weight excluding hydrogens is 290 g/mol. The van der Waals surface area contributed by atoms with Crippen molar-refractivity contribution >= 4 is 15.7 Å². The minimum absolute atomic E-state index is 0.119. The van der Waals surface area contributed by atoms with Crippen LogP contribution in [0.5, 0.6) is 11.5 Å². The summed E-state index contributed by atoms with van der Waals surface area (Å²) in [6, 6.07) is 9.40. The average molecular weight is 307 g/mol. The Morgan fingerprint density at radius 3 is 2.38 bits per heavy atom. The molecular formula is C15H17NO4S. The van der Waals surface area contributed by atoms with Crippen LogP contribution >= 0.6 is 0 Å². The number of rotatable bonds is 4. The molecule has 0 aliphatic rings. The van der Waals surface area contributed by atoms with Crippen molar-refractivity contribution in [2.75, 3.05) is 11.8 Å². The van der Waals surface area contributed by atoms with Gasteiger partial charge in [0.2, 0.25) is 0 Å². The summed E-state index contributed by atoms with van der Waals surface area (Å²) in [5.41, 5.74) is 1.60. The van der Waals surface area contributed by atoms with Crippen LogP contribution in [0.15, 0.2) is 41.3 Å². The Labute approximate surface area is 124 Å². The lowest BCUT2D eigenvalue weighted by Gasteiger charge is -2.14. The first-order valence-corrected chi connectivity index (χ1v) is 7.79. The molecule has 0 spiro atoms. The minimum atomic E-state index is -3.81. The molecule has 0 saturated carbocycles. The lowest BCUT2D eigenvalue weighted by molar-refractivity contribution is 0.410. The van der Waals surface area contributed by atoms with E-state index in [1.165, 1.54) is 25.3 Å². The zero-order valence-corrected chi connectivity index (χ0v) is 12.9. The predicted octanol–water partition coefficient (Wildman–Crippen LogP) is 2.82. The first-order valence-electron chi connectivity index (χ1n) is 6.31. The van der Waals surface area contributed by atoms with Crippen molar-refractivity contribution < 1.29 is 18.3 Å². The first kappa shape index (κ1) is 15.2. The Kier molecular flexibility index (Phi) is 4.09. The first-order chi connectivity index (χ1) is 9.85. The highest BCUT2D eigenvalue weighted by Gasteiger charge is 2.20. The van der Waals surface area contributed by atoms with E-state index in [1.807, 2.05) is 6.92 Å². The topological polar surface area (TPSA) is 75.6 Å². The lowest BCUT2D eigenvalue weighted by atomic mass is 10.1.